The molecule has 0 rings (SSSR count). The largest absolute Gasteiger partial charge is 0.462 e. The zero-order valence-corrected chi connectivity index (χ0v) is 53.2. The van der Waals surface area contributed by atoms with Crippen molar-refractivity contribution in [1.29, 1.82) is 0 Å². The SMILES string of the molecule is CCC/C=C\C/C=C\CCCCCCCC(=O)OCC(COC(=O)CCCCCCCCCCCCCCCCC/C=C\C/C=C\CCCCCCC)OC(=O)CCCCCCCCCCCCCCCCCCCCCCC. The molecule has 1 unspecified atom stereocenters. The first-order valence-corrected chi connectivity index (χ1v) is 35.1. The van der Waals surface area contributed by atoms with E-state index in [4.69, 9.17) is 14.2 Å². The van der Waals surface area contributed by atoms with E-state index in [-0.39, 0.29) is 31.1 Å². The quantitative estimate of drug-likeness (QED) is 0.0261. The van der Waals surface area contributed by atoms with Crippen molar-refractivity contribution in [3.05, 3.63) is 48.6 Å². The summed E-state index contributed by atoms with van der Waals surface area (Å²) < 4.78 is 17.0. The summed E-state index contributed by atoms with van der Waals surface area (Å²) in [6.45, 7) is 6.62. The zero-order valence-electron chi connectivity index (χ0n) is 53.2. The van der Waals surface area contributed by atoms with Gasteiger partial charge in [0.2, 0.25) is 0 Å². The molecule has 1 atom stereocenters. The van der Waals surface area contributed by atoms with E-state index in [2.05, 4.69) is 69.4 Å². The van der Waals surface area contributed by atoms with Crippen LogP contribution in [0.5, 0.6) is 0 Å². The lowest BCUT2D eigenvalue weighted by molar-refractivity contribution is -0.167. The molecule has 0 aliphatic carbocycles. The van der Waals surface area contributed by atoms with Gasteiger partial charge in [0, 0.05) is 19.3 Å². The Balaban J connectivity index is 4.22. The topological polar surface area (TPSA) is 78.9 Å². The second-order valence-electron chi connectivity index (χ2n) is 23.8. The first kappa shape index (κ1) is 76.4. The molecule has 0 aliphatic heterocycles. The van der Waals surface area contributed by atoms with Crippen LogP contribution < -0.4 is 0 Å². The summed E-state index contributed by atoms with van der Waals surface area (Å²) in [4.78, 5) is 38.4. The molecule has 462 valence electrons. The van der Waals surface area contributed by atoms with Gasteiger partial charge in [0.15, 0.2) is 6.10 Å². The van der Waals surface area contributed by atoms with Crippen LogP contribution in [0.3, 0.4) is 0 Å². The van der Waals surface area contributed by atoms with Crippen molar-refractivity contribution in [3.63, 3.8) is 0 Å². The molecule has 0 fully saturated rings. The molecule has 0 saturated carbocycles. The van der Waals surface area contributed by atoms with E-state index in [1.165, 1.54) is 250 Å². The molecule has 0 bridgehead atoms. The lowest BCUT2D eigenvalue weighted by atomic mass is 10.0. The number of carbonyl (C=O) groups excluding carboxylic acids is 3. The average molecular weight is 1110 g/mol. The molecule has 0 aromatic rings. The fourth-order valence-corrected chi connectivity index (χ4v) is 10.5. The Morgan fingerprint density at radius 3 is 0.747 bits per heavy atom. The highest BCUT2D eigenvalue weighted by molar-refractivity contribution is 5.71. The van der Waals surface area contributed by atoms with Gasteiger partial charge in [-0.05, 0) is 77.0 Å². The molecule has 6 heteroatoms. The summed E-state index contributed by atoms with van der Waals surface area (Å²) in [5, 5.41) is 0. The normalized spacial score (nSPS) is 12.3. The van der Waals surface area contributed by atoms with E-state index < -0.39 is 6.10 Å². The summed E-state index contributed by atoms with van der Waals surface area (Å²) in [6, 6.07) is 0. The van der Waals surface area contributed by atoms with Gasteiger partial charge in [-0.2, -0.15) is 0 Å². The van der Waals surface area contributed by atoms with Crippen molar-refractivity contribution >= 4 is 17.9 Å². The molecular weight excluding hydrogens is 973 g/mol. The second-order valence-corrected chi connectivity index (χ2v) is 23.8. The van der Waals surface area contributed by atoms with Gasteiger partial charge in [-0.1, -0.05) is 333 Å². The van der Waals surface area contributed by atoms with Crippen LogP contribution in [0.2, 0.25) is 0 Å². The highest BCUT2D eigenvalue weighted by Gasteiger charge is 2.19. The third-order valence-electron chi connectivity index (χ3n) is 15.8. The number of carbonyl (C=O) groups is 3. The Bertz CT molecular complexity index is 1360. The van der Waals surface area contributed by atoms with Crippen LogP contribution in [-0.2, 0) is 28.6 Å². The number of rotatable bonds is 65. The predicted molar refractivity (Wildman–Crippen MR) is 344 cm³/mol. The molecule has 0 N–H and O–H groups in total. The first-order chi connectivity index (χ1) is 39.0. The fraction of sp³-hybridized carbons (Fsp3) is 0.849. The Labute approximate surface area is 492 Å². The Kier molecular flexibility index (Phi) is 65.6. The standard InChI is InChI=1S/C73H134O6/c1-4-7-10-13-16-19-22-25-27-29-31-33-34-35-36-37-38-40-41-43-45-48-51-54-57-60-63-66-72(75)78-69-70(68-77-71(74)65-62-59-56-53-50-47-24-21-18-15-12-9-6-3)79-73(76)67-64-61-58-55-52-49-46-44-42-39-32-30-28-26-23-20-17-14-11-8-5-2/h12,15,21-22,24-25,29,31,70H,4-11,13-14,16-20,23,26-28,30,32-69H2,1-3H3/b15-12-,24-21-,25-22-,31-29-. The highest BCUT2D eigenvalue weighted by Crippen LogP contribution is 2.18. The minimum Gasteiger partial charge on any atom is -0.462 e. The van der Waals surface area contributed by atoms with Crippen LogP contribution in [0.15, 0.2) is 48.6 Å². The van der Waals surface area contributed by atoms with E-state index >= 15 is 0 Å². The van der Waals surface area contributed by atoms with Gasteiger partial charge in [0.05, 0.1) is 0 Å². The molecule has 0 saturated heterocycles. The summed E-state index contributed by atoms with van der Waals surface area (Å²) in [5.41, 5.74) is 0. The number of ether oxygens (including phenoxy) is 3. The van der Waals surface area contributed by atoms with Gasteiger partial charge in [0.1, 0.15) is 13.2 Å². The molecule has 0 aliphatic rings. The molecule has 0 radical (unpaired) electrons. The minimum absolute atomic E-state index is 0.0731. The van der Waals surface area contributed by atoms with Crippen LogP contribution in [0.1, 0.15) is 380 Å². The maximum Gasteiger partial charge on any atom is 0.306 e. The number of hydrogen-bond donors (Lipinski definition) is 0. The van der Waals surface area contributed by atoms with Gasteiger partial charge < -0.3 is 14.2 Å². The van der Waals surface area contributed by atoms with E-state index in [0.717, 1.165) is 89.9 Å². The number of unbranched alkanes of at least 4 members (excludes halogenated alkanes) is 46. The van der Waals surface area contributed by atoms with E-state index in [1.54, 1.807) is 0 Å². The molecule has 79 heavy (non-hydrogen) atoms. The molecule has 0 aromatic heterocycles. The van der Waals surface area contributed by atoms with Crippen LogP contribution in [-0.4, -0.2) is 37.2 Å². The molecule has 0 heterocycles. The monoisotopic (exact) mass is 1110 g/mol. The van der Waals surface area contributed by atoms with Crippen molar-refractivity contribution in [2.45, 2.75) is 386 Å². The third-order valence-corrected chi connectivity index (χ3v) is 15.8. The van der Waals surface area contributed by atoms with E-state index in [9.17, 15) is 14.4 Å². The molecular formula is C73H134O6. The van der Waals surface area contributed by atoms with E-state index in [0.29, 0.717) is 19.3 Å². The minimum atomic E-state index is -0.777. The Morgan fingerprint density at radius 1 is 0.253 bits per heavy atom. The second kappa shape index (κ2) is 67.9. The van der Waals surface area contributed by atoms with Crippen molar-refractivity contribution < 1.29 is 28.6 Å². The number of allylic oxidation sites excluding steroid dienone is 8. The van der Waals surface area contributed by atoms with Crippen molar-refractivity contribution in [2.75, 3.05) is 13.2 Å². The molecule has 0 spiro atoms. The maximum absolute atomic E-state index is 12.9. The fourth-order valence-electron chi connectivity index (χ4n) is 10.5. The number of esters is 3. The summed E-state index contributed by atoms with van der Waals surface area (Å²) in [5.74, 6) is -0.862. The third kappa shape index (κ3) is 66.1. The molecule has 6 nitrogen and oxygen atoms in total. The Morgan fingerprint density at radius 2 is 0.481 bits per heavy atom. The van der Waals surface area contributed by atoms with Crippen molar-refractivity contribution in [2.24, 2.45) is 0 Å². The highest BCUT2D eigenvalue weighted by atomic mass is 16.6. The first-order valence-electron chi connectivity index (χ1n) is 35.1. The smallest absolute Gasteiger partial charge is 0.306 e. The summed E-state index contributed by atoms with van der Waals surface area (Å²) in [7, 11) is 0. The van der Waals surface area contributed by atoms with Crippen LogP contribution in [0.4, 0.5) is 0 Å². The van der Waals surface area contributed by atoms with Crippen LogP contribution in [0, 0.1) is 0 Å². The van der Waals surface area contributed by atoms with Crippen molar-refractivity contribution in [1.82, 2.24) is 0 Å². The predicted octanol–water partition coefficient (Wildman–Crippen LogP) is 24.1. The van der Waals surface area contributed by atoms with Crippen molar-refractivity contribution in [3.8, 4) is 0 Å². The van der Waals surface area contributed by atoms with Gasteiger partial charge in [-0.3, -0.25) is 14.4 Å². The molecule has 0 amide bonds. The maximum atomic E-state index is 12.9. The van der Waals surface area contributed by atoms with E-state index in [1.807, 2.05) is 0 Å². The molecule has 0 aromatic carbocycles. The van der Waals surface area contributed by atoms with Gasteiger partial charge >= 0.3 is 17.9 Å². The van der Waals surface area contributed by atoms with Crippen LogP contribution in [0.25, 0.3) is 0 Å². The van der Waals surface area contributed by atoms with Gasteiger partial charge in [-0.15, -0.1) is 0 Å². The average Bonchev–Trinajstić information content (AvgIpc) is 3.45. The van der Waals surface area contributed by atoms with Gasteiger partial charge in [-0.25, -0.2) is 0 Å². The number of hydrogen-bond acceptors (Lipinski definition) is 6. The zero-order chi connectivity index (χ0) is 57.1. The lowest BCUT2D eigenvalue weighted by Crippen LogP contribution is -2.30. The van der Waals surface area contributed by atoms with Crippen LogP contribution >= 0.6 is 0 Å². The Hall–Kier alpha value is -2.63. The lowest BCUT2D eigenvalue weighted by Gasteiger charge is -2.18. The van der Waals surface area contributed by atoms with Gasteiger partial charge in [0.25, 0.3) is 0 Å². The summed E-state index contributed by atoms with van der Waals surface area (Å²) in [6.07, 6.45) is 85.7. The summed E-state index contributed by atoms with van der Waals surface area (Å²) >= 11 is 0.